The molecule has 0 bridgehead atoms. The van der Waals surface area contributed by atoms with Gasteiger partial charge in [-0.3, -0.25) is 9.88 Å². The van der Waals surface area contributed by atoms with Crippen molar-refractivity contribution in [2.24, 2.45) is 0 Å². The predicted molar refractivity (Wildman–Crippen MR) is 104 cm³/mol. The Hall–Kier alpha value is -2.93. The maximum atomic E-state index is 5.51. The summed E-state index contributed by atoms with van der Waals surface area (Å²) in [6, 6.07) is 7.93. The number of nitrogens with zero attached hydrogens (tertiary/aromatic N) is 5. The second-order valence-corrected chi connectivity index (χ2v) is 6.53. The first-order valence-electron chi connectivity index (χ1n) is 9.01. The summed E-state index contributed by atoms with van der Waals surface area (Å²) in [5.41, 5.74) is 2.02. The van der Waals surface area contributed by atoms with Crippen molar-refractivity contribution < 1.29 is 9.47 Å². The van der Waals surface area contributed by atoms with Crippen LogP contribution in [0.2, 0.25) is 0 Å². The lowest BCUT2D eigenvalue weighted by Crippen LogP contribution is -2.46. The van der Waals surface area contributed by atoms with Gasteiger partial charge >= 0.3 is 0 Å². The highest BCUT2D eigenvalue weighted by atomic mass is 16.5. The summed E-state index contributed by atoms with van der Waals surface area (Å²) in [6.45, 7) is 4.58. The minimum Gasteiger partial charge on any atom is -0.497 e. The SMILES string of the molecule is COc1ccc(OC)c(CN2CCN(c3ncnc4cnccc34)CC2)c1. The normalized spacial score (nSPS) is 15.1. The van der Waals surface area contributed by atoms with Gasteiger partial charge in [-0.05, 0) is 24.3 Å². The number of fused-ring (bicyclic) bond motifs is 1. The van der Waals surface area contributed by atoms with E-state index >= 15 is 0 Å². The number of rotatable bonds is 5. The molecule has 0 atom stereocenters. The lowest BCUT2D eigenvalue weighted by atomic mass is 10.1. The number of aromatic nitrogens is 3. The van der Waals surface area contributed by atoms with Crippen LogP contribution in [0.4, 0.5) is 5.82 Å². The third kappa shape index (κ3) is 3.64. The molecule has 1 aliphatic heterocycles. The molecule has 4 rings (SSSR count). The smallest absolute Gasteiger partial charge is 0.140 e. The van der Waals surface area contributed by atoms with Gasteiger partial charge in [0.2, 0.25) is 0 Å². The summed E-state index contributed by atoms with van der Waals surface area (Å²) < 4.78 is 10.9. The Morgan fingerprint density at radius 1 is 1.00 bits per heavy atom. The third-order valence-electron chi connectivity index (χ3n) is 4.97. The summed E-state index contributed by atoms with van der Waals surface area (Å²) in [5, 5.41) is 1.05. The number of benzene rings is 1. The van der Waals surface area contributed by atoms with E-state index in [2.05, 4.69) is 30.8 Å². The molecule has 0 unspecified atom stereocenters. The van der Waals surface area contributed by atoms with E-state index in [1.165, 1.54) is 0 Å². The number of hydrogen-bond acceptors (Lipinski definition) is 7. The molecule has 0 spiro atoms. The fourth-order valence-corrected chi connectivity index (χ4v) is 3.51. The zero-order chi connectivity index (χ0) is 18.6. The molecule has 3 heterocycles. The molecule has 0 saturated carbocycles. The summed E-state index contributed by atoms with van der Waals surface area (Å²) in [6.07, 6.45) is 5.19. The Bertz CT molecular complexity index is 920. The number of ether oxygens (including phenoxy) is 2. The van der Waals surface area contributed by atoms with Crippen molar-refractivity contribution in [1.82, 2.24) is 19.9 Å². The zero-order valence-corrected chi connectivity index (χ0v) is 15.6. The molecule has 7 nitrogen and oxygen atoms in total. The van der Waals surface area contributed by atoms with Crippen LogP contribution in [0.1, 0.15) is 5.56 Å². The average molecular weight is 365 g/mol. The molecule has 3 aromatic rings. The Kier molecular flexibility index (Phi) is 5.02. The van der Waals surface area contributed by atoms with Gasteiger partial charge in [-0.15, -0.1) is 0 Å². The van der Waals surface area contributed by atoms with Gasteiger partial charge in [-0.2, -0.15) is 0 Å². The molecular formula is C20H23N5O2. The van der Waals surface area contributed by atoms with E-state index in [-0.39, 0.29) is 0 Å². The highest BCUT2D eigenvalue weighted by Gasteiger charge is 2.21. The molecule has 1 aliphatic rings. The van der Waals surface area contributed by atoms with Gasteiger partial charge in [0.15, 0.2) is 0 Å². The van der Waals surface area contributed by atoms with Crippen molar-refractivity contribution in [3.63, 3.8) is 0 Å². The molecule has 7 heteroatoms. The number of methoxy groups -OCH3 is 2. The fourth-order valence-electron chi connectivity index (χ4n) is 3.51. The zero-order valence-electron chi connectivity index (χ0n) is 15.6. The van der Waals surface area contributed by atoms with E-state index in [4.69, 9.17) is 9.47 Å². The highest BCUT2D eigenvalue weighted by Crippen LogP contribution is 2.27. The maximum absolute atomic E-state index is 5.51. The lowest BCUT2D eigenvalue weighted by molar-refractivity contribution is 0.245. The van der Waals surface area contributed by atoms with Gasteiger partial charge in [-0.1, -0.05) is 0 Å². The number of pyridine rings is 1. The van der Waals surface area contributed by atoms with Crippen molar-refractivity contribution in [3.05, 3.63) is 48.5 Å². The second-order valence-electron chi connectivity index (χ2n) is 6.53. The molecule has 1 aromatic carbocycles. The van der Waals surface area contributed by atoms with Crippen LogP contribution in [0.3, 0.4) is 0 Å². The van der Waals surface area contributed by atoms with Crippen molar-refractivity contribution in [3.8, 4) is 11.5 Å². The summed E-state index contributed by atoms with van der Waals surface area (Å²) in [5.74, 6) is 2.74. The van der Waals surface area contributed by atoms with Crippen LogP contribution >= 0.6 is 0 Å². The Balaban J connectivity index is 1.46. The van der Waals surface area contributed by atoms with Gasteiger partial charge in [-0.25, -0.2) is 9.97 Å². The largest absolute Gasteiger partial charge is 0.497 e. The molecule has 140 valence electrons. The molecule has 1 fully saturated rings. The molecule has 0 amide bonds. The monoisotopic (exact) mass is 365 g/mol. The van der Waals surface area contributed by atoms with E-state index in [0.717, 1.165) is 66.5 Å². The molecule has 2 aromatic heterocycles. The van der Waals surface area contributed by atoms with Crippen LogP contribution in [-0.4, -0.2) is 60.3 Å². The second kappa shape index (κ2) is 7.75. The highest BCUT2D eigenvalue weighted by molar-refractivity contribution is 5.88. The molecule has 1 saturated heterocycles. The van der Waals surface area contributed by atoms with Crippen LogP contribution in [-0.2, 0) is 6.54 Å². The number of anilines is 1. The Morgan fingerprint density at radius 2 is 1.85 bits per heavy atom. The van der Waals surface area contributed by atoms with Crippen molar-refractivity contribution in [1.29, 1.82) is 0 Å². The van der Waals surface area contributed by atoms with E-state index in [0.29, 0.717) is 0 Å². The maximum Gasteiger partial charge on any atom is 0.140 e. The molecular weight excluding hydrogens is 342 g/mol. The van der Waals surface area contributed by atoms with Gasteiger partial charge in [0.25, 0.3) is 0 Å². The van der Waals surface area contributed by atoms with Crippen LogP contribution in [0.25, 0.3) is 10.9 Å². The minimum absolute atomic E-state index is 0.836. The van der Waals surface area contributed by atoms with E-state index < -0.39 is 0 Å². The van der Waals surface area contributed by atoms with E-state index in [9.17, 15) is 0 Å². The molecule has 0 N–H and O–H groups in total. The number of hydrogen-bond donors (Lipinski definition) is 0. The van der Waals surface area contributed by atoms with Crippen LogP contribution in [0.15, 0.2) is 43.0 Å². The van der Waals surface area contributed by atoms with Crippen molar-refractivity contribution >= 4 is 16.7 Å². The first-order chi connectivity index (χ1) is 13.3. The first kappa shape index (κ1) is 17.5. The standard InChI is InChI=1S/C20H23N5O2/c1-26-16-3-4-19(27-2)15(11-16)13-24-7-9-25(10-8-24)20-17-5-6-21-12-18(17)22-14-23-20/h3-6,11-12,14H,7-10,13H2,1-2H3. The third-order valence-corrected chi connectivity index (χ3v) is 4.97. The van der Waals surface area contributed by atoms with E-state index in [1.807, 2.05) is 18.2 Å². The number of piperazine rings is 1. The Morgan fingerprint density at radius 3 is 2.63 bits per heavy atom. The lowest BCUT2D eigenvalue weighted by Gasteiger charge is -2.36. The van der Waals surface area contributed by atoms with Crippen molar-refractivity contribution in [2.45, 2.75) is 6.54 Å². The van der Waals surface area contributed by atoms with Crippen LogP contribution < -0.4 is 14.4 Å². The molecule has 0 aliphatic carbocycles. The summed E-state index contributed by atoms with van der Waals surface area (Å²) in [4.78, 5) is 17.7. The Labute approximate surface area is 158 Å². The molecule has 27 heavy (non-hydrogen) atoms. The summed E-state index contributed by atoms with van der Waals surface area (Å²) in [7, 11) is 3.39. The van der Waals surface area contributed by atoms with Gasteiger partial charge in [0, 0.05) is 49.9 Å². The molecule has 0 radical (unpaired) electrons. The summed E-state index contributed by atoms with van der Waals surface area (Å²) >= 11 is 0. The predicted octanol–water partition coefficient (Wildman–Crippen LogP) is 2.36. The average Bonchev–Trinajstić information content (AvgIpc) is 2.74. The van der Waals surface area contributed by atoms with Crippen molar-refractivity contribution in [2.75, 3.05) is 45.3 Å². The topological polar surface area (TPSA) is 63.6 Å². The quantitative estimate of drug-likeness (QED) is 0.688. The first-order valence-corrected chi connectivity index (χ1v) is 9.01. The van der Waals surface area contributed by atoms with Gasteiger partial charge in [0.05, 0.1) is 25.9 Å². The van der Waals surface area contributed by atoms with Crippen LogP contribution in [0.5, 0.6) is 11.5 Å². The van der Waals surface area contributed by atoms with E-state index in [1.54, 1.807) is 32.9 Å². The van der Waals surface area contributed by atoms with Crippen LogP contribution in [0, 0.1) is 0 Å². The van der Waals surface area contributed by atoms with Gasteiger partial charge in [0.1, 0.15) is 23.6 Å². The fraction of sp³-hybridized carbons (Fsp3) is 0.350. The minimum atomic E-state index is 0.836. The van der Waals surface area contributed by atoms with Gasteiger partial charge < -0.3 is 14.4 Å².